The van der Waals surface area contributed by atoms with Crippen molar-refractivity contribution >= 4 is 17.6 Å². The fourth-order valence-electron chi connectivity index (χ4n) is 1.93. The normalized spacial score (nSPS) is 13.9. The van der Waals surface area contributed by atoms with E-state index in [1.807, 2.05) is 0 Å². The zero-order valence-corrected chi connectivity index (χ0v) is 13.3. The van der Waals surface area contributed by atoms with Gasteiger partial charge in [0.2, 0.25) is 5.91 Å². The lowest BCUT2D eigenvalue weighted by molar-refractivity contribution is -0.207. The summed E-state index contributed by atoms with van der Waals surface area (Å²) in [6, 6.07) is 4.46. The van der Waals surface area contributed by atoms with E-state index >= 15 is 0 Å². The Balaban J connectivity index is 3.38. The molecule has 0 bridgehead atoms. The summed E-state index contributed by atoms with van der Waals surface area (Å²) in [5.74, 6) is -2.65. The minimum atomic E-state index is -5.11. The van der Waals surface area contributed by atoms with Crippen molar-refractivity contribution in [1.82, 2.24) is 5.32 Å². The molecule has 0 spiro atoms. The third-order valence-corrected chi connectivity index (χ3v) is 3.21. The molecule has 0 aliphatic heterocycles. The van der Waals surface area contributed by atoms with Crippen LogP contribution in [0.1, 0.15) is 25.0 Å². The molecule has 23 heavy (non-hydrogen) atoms. The maximum atomic E-state index is 13.6. The Bertz CT molecular complexity index is 602. The second-order valence-corrected chi connectivity index (χ2v) is 5.07. The zero-order chi connectivity index (χ0) is 17.8. The summed E-state index contributed by atoms with van der Waals surface area (Å²) in [4.78, 5) is 23.3. The van der Waals surface area contributed by atoms with E-state index in [9.17, 15) is 22.8 Å². The number of carbonyl (C=O) groups is 2. The molecule has 1 aromatic rings. The lowest BCUT2D eigenvalue weighted by Crippen LogP contribution is -2.69. The van der Waals surface area contributed by atoms with Gasteiger partial charge in [0.1, 0.15) is 0 Å². The summed E-state index contributed by atoms with van der Waals surface area (Å²) < 4.78 is 45.3. The van der Waals surface area contributed by atoms with E-state index in [1.54, 1.807) is 25.2 Å². The number of alkyl halides is 3. The molecule has 0 aromatic heterocycles. The summed E-state index contributed by atoms with van der Waals surface area (Å²) in [5.41, 5.74) is -1.70. The molecule has 0 aliphatic carbocycles. The SMILES string of the molecule is CCOC(=O)C(NC(C)=O)(Nc1ccc(C)c(C)c1)C(F)(F)F. The number of nitrogens with one attached hydrogen (secondary N) is 2. The van der Waals surface area contributed by atoms with Crippen molar-refractivity contribution in [1.29, 1.82) is 0 Å². The number of hydrogen-bond acceptors (Lipinski definition) is 4. The minimum absolute atomic E-state index is 0.0345. The van der Waals surface area contributed by atoms with Crippen LogP contribution in [0.5, 0.6) is 0 Å². The molecule has 0 aliphatic rings. The second-order valence-electron chi connectivity index (χ2n) is 5.07. The Hall–Kier alpha value is -2.25. The summed E-state index contributed by atoms with van der Waals surface area (Å²) in [6.45, 7) is 5.53. The monoisotopic (exact) mass is 332 g/mol. The number of ether oxygens (including phenoxy) is 1. The van der Waals surface area contributed by atoms with Gasteiger partial charge in [-0.3, -0.25) is 4.79 Å². The predicted molar refractivity (Wildman–Crippen MR) is 78.8 cm³/mol. The first-order valence-corrected chi connectivity index (χ1v) is 6.91. The Kier molecular flexibility index (Phi) is 5.63. The molecular weight excluding hydrogens is 313 g/mol. The molecule has 1 amide bonds. The van der Waals surface area contributed by atoms with Crippen LogP contribution in [0.4, 0.5) is 18.9 Å². The molecule has 128 valence electrons. The van der Waals surface area contributed by atoms with E-state index in [2.05, 4.69) is 10.1 Å². The highest BCUT2D eigenvalue weighted by Crippen LogP contribution is 2.33. The van der Waals surface area contributed by atoms with Gasteiger partial charge in [-0.2, -0.15) is 13.2 Å². The van der Waals surface area contributed by atoms with Crippen molar-refractivity contribution in [3.8, 4) is 0 Å². The summed E-state index contributed by atoms with van der Waals surface area (Å²) in [5, 5.41) is 3.74. The van der Waals surface area contributed by atoms with Crippen LogP contribution in [0.15, 0.2) is 18.2 Å². The standard InChI is InChI=1S/C15H19F3N2O3/c1-5-23-13(22)14(15(16,17)18,19-11(4)21)20-12-7-6-9(2)10(3)8-12/h6-8,20H,5H2,1-4H3,(H,19,21). The summed E-state index contributed by atoms with van der Waals surface area (Å²) in [7, 11) is 0. The van der Waals surface area contributed by atoms with Crippen molar-refractivity contribution < 1.29 is 27.5 Å². The van der Waals surface area contributed by atoms with E-state index in [1.165, 1.54) is 19.1 Å². The highest BCUT2D eigenvalue weighted by atomic mass is 19.4. The average Bonchev–Trinajstić information content (AvgIpc) is 2.40. The van der Waals surface area contributed by atoms with E-state index in [-0.39, 0.29) is 12.3 Å². The van der Waals surface area contributed by atoms with Gasteiger partial charge in [0.25, 0.3) is 0 Å². The van der Waals surface area contributed by atoms with Crippen molar-refractivity contribution in [3.05, 3.63) is 29.3 Å². The molecule has 1 atom stereocenters. The van der Waals surface area contributed by atoms with Gasteiger partial charge >= 0.3 is 17.8 Å². The lowest BCUT2D eigenvalue weighted by Gasteiger charge is -2.35. The molecule has 0 saturated heterocycles. The van der Waals surface area contributed by atoms with Gasteiger partial charge in [-0.1, -0.05) is 6.07 Å². The molecule has 0 saturated carbocycles. The van der Waals surface area contributed by atoms with Crippen molar-refractivity contribution in [2.24, 2.45) is 0 Å². The molecule has 2 N–H and O–H groups in total. The topological polar surface area (TPSA) is 67.4 Å². The number of anilines is 1. The van der Waals surface area contributed by atoms with Gasteiger partial charge in [-0.25, -0.2) is 4.79 Å². The van der Waals surface area contributed by atoms with E-state index in [0.29, 0.717) is 0 Å². The Morgan fingerprint density at radius 2 is 1.78 bits per heavy atom. The highest BCUT2D eigenvalue weighted by Gasteiger charge is 2.63. The molecule has 5 nitrogen and oxygen atoms in total. The summed E-state index contributed by atoms with van der Waals surface area (Å²) in [6.07, 6.45) is -5.11. The van der Waals surface area contributed by atoms with Crippen LogP contribution in [0.2, 0.25) is 0 Å². The number of carbonyl (C=O) groups excluding carboxylic acids is 2. The first kappa shape index (κ1) is 18.8. The van der Waals surface area contributed by atoms with Crippen LogP contribution in [-0.2, 0) is 14.3 Å². The van der Waals surface area contributed by atoms with Gasteiger partial charge in [-0.15, -0.1) is 0 Å². The summed E-state index contributed by atoms with van der Waals surface area (Å²) >= 11 is 0. The molecule has 1 unspecified atom stereocenters. The maximum Gasteiger partial charge on any atom is 0.441 e. The molecule has 0 heterocycles. The van der Waals surface area contributed by atoms with Crippen molar-refractivity contribution in [2.75, 3.05) is 11.9 Å². The van der Waals surface area contributed by atoms with Crippen LogP contribution in [0, 0.1) is 13.8 Å². The molecule has 1 aromatic carbocycles. The maximum absolute atomic E-state index is 13.6. The van der Waals surface area contributed by atoms with Crippen molar-refractivity contribution in [2.45, 2.75) is 39.5 Å². The molecule has 1 rings (SSSR count). The minimum Gasteiger partial charge on any atom is -0.463 e. The fraction of sp³-hybridized carbons (Fsp3) is 0.467. The third kappa shape index (κ3) is 4.14. The number of benzene rings is 1. The van der Waals surface area contributed by atoms with Crippen LogP contribution >= 0.6 is 0 Å². The fourth-order valence-corrected chi connectivity index (χ4v) is 1.93. The van der Waals surface area contributed by atoms with Gasteiger partial charge in [0.05, 0.1) is 6.61 Å². The molecular formula is C15H19F3N2O3. The van der Waals surface area contributed by atoms with Crippen LogP contribution in [0.3, 0.4) is 0 Å². The van der Waals surface area contributed by atoms with Gasteiger partial charge in [-0.05, 0) is 44.0 Å². The van der Waals surface area contributed by atoms with E-state index < -0.39 is 23.7 Å². The van der Waals surface area contributed by atoms with Crippen LogP contribution in [0.25, 0.3) is 0 Å². The quantitative estimate of drug-likeness (QED) is 0.643. The van der Waals surface area contributed by atoms with Crippen LogP contribution < -0.4 is 10.6 Å². The molecule has 8 heteroatoms. The third-order valence-electron chi connectivity index (χ3n) is 3.21. The highest BCUT2D eigenvalue weighted by molar-refractivity contribution is 5.90. The number of halogens is 3. The number of esters is 1. The van der Waals surface area contributed by atoms with E-state index in [4.69, 9.17) is 0 Å². The molecule has 0 radical (unpaired) electrons. The average molecular weight is 332 g/mol. The van der Waals surface area contributed by atoms with E-state index in [0.717, 1.165) is 18.1 Å². The zero-order valence-electron chi connectivity index (χ0n) is 13.3. The predicted octanol–water partition coefficient (Wildman–Crippen LogP) is 2.67. The Labute approximate surface area is 132 Å². The van der Waals surface area contributed by atoms with Crippen LogP contribution in [-0.4, -0.2) is 30.3 Å². The van der Waals surface area contributed by atoms with Crippen molar-refractivity contribution in [3.63, 3.8) is 0 Å². The largest absolute Gasteiger partial charge is 0.463 e. The number of hydrogen-bond donors (Lipinski definition) is 2. The lowest BCUT2D eigenvalue weighted by atomic mass is 10.1. The number of aryl methyl sites for hydroxylation is 2. The second kappa shape index (κ2) is 6.89. The Morgan fingerprint density at radius 1 is 1.17 bits per heavy atom. The smallest absolute Gasteiger partial charge is 0.441 e. The number of rotatable bonds is 5. The number of amides is 1. The first-order chi connectivity index (χ1) is 10.5. The first-order valence-electron chi connectivity index (χ1n) is 6.91. The Morgan fingerprint density at radius 3 is 2.22 bits per heavy atom. The van der Waals surface area contributed by atoms with Gasteiger partial charge in [0.15, 0.2) is 0 Å². The van der Waals surface area contributed by atoms with Gasteiger partial charge < -0.3 is 15.4 Å². The molecule has 0 fully saturated rings. The van der Waals surface area contributed by atoms with Gasteiger partial charge in [0, 0.05) is 12.6 Å².